The molecule has 1 N–H and O–H groups in total. The number of fused-ring (bicyclic) bond motifs is 1. The summed E-state index contributed by atoms with van der Waals surface area (Å²) in [6, 6.07) is 4.93. The van der Waals surface area contributed by atoms with Crippen molar-refractivity contribution in [2.75, 3.05) is 46.3 Å². The third-order valence-electron chi connectivity index (χ3n) is 4.51. The lowest BCUT2D eigenvalue weighted by Crippen LogP contribution is -2.60. The number of aliphatic hydroxyl groups is 1. The van der Waals surface area contributed by atoms with E-state index in [0.717, 1.165) is 24.5 Å². The van der Waals surface area contributed by atoms with E-state index < -0.39 is 5.60 Å². The second-order valence-electron chi connectivity index (χ2n) is 7.26. The van der Waals surface area contributed by atoms with Crippen LogP contribution in [-0.2, 0) is 6.54 Å². The van der Waals surface area contributed by atoms with E-state index in [4.69, 9.17) is 0 Å². The Kier molecular flexibility index (Phi) is 5.10. The maximum absolute atomic E-state index is 9.69. The summed E-state index contributed by atoms with van der Waals surface area (Å²) in [4.78, 5) is 10.1. The van der Waals surface area contributed by atoms with E-state index in [0.29, 0.717) is 6.04 Å². The quantitative estimate of drug-likeness (QED) is 0.827. The van der Waals surface area contributed by atoms with Gasteiger partial charge in [-0.2, -0.15) is 0 Å². The first-order valence-corrected chi connectivity index (χ1v) is 9.20. The van der Waals surface area contributed by atoms with Crippen molar-refractivity contribution in [1.82, 2.24) is 14.7 Å². The van der Waals surface area contributed by atoms with E-state index in [9.17, 15) is 5.11 Å². The van der Waals surface area contributed by atoms with E-state index in [-0.39, 0.29) is 0 Å². The van der Waals surface area contributed by atoms with Gasteiger partial charge in [-0.05, 0) is 33.0 Å². The molecule has 1 aromatic heterocycles. The Bertz CT molecular complexity index is 595. The van der Waals surface area contributed by atoms with Gasteiger partial charge in [0.2, 0.25) is 0 Å². The molecule has 2 aliphatic heterocycles. The van der Waals surface area contributed by atoms with Crippen molar-refractivity contribution in [2.24, 2.45) is 0 Å². The van der Waals surface area contributed by atoms with Crippen LogP contribution in [0.25, 0.3) is 0 Å². The summed E-state index contributed by atoms with van der Waals surface area (Å²) in [5.74, 6) is 5.97. The molecule has 4 nitrogen and oxygen atoms in total. The molecule has 2 fully saturated rings. The lowest BCUT2D eigenvalue weighted by atomic mass is 10.1. The fraction of sp³-hybridized carbons (Fsp3) is 0.667. The molecule has 1 atom stereocenters. The molecule has 0 aliphatic carbocycles. The minimum atomic E-state index is -0.923. The molecule has 0 aromatic carbocycles. The molecule has 3 rings (SSSR count). The van der Waals surface area contributed by atoms with Crippen LogP contribution < -0.4 is 0 Å². The molecule has 2 saturated heterocycles. The Hall–Kier alpha value is -0.900. The van der Waals surface area contributed by atoms with Crippen LogP contribution in [0, 0.1) is 11.8 Å². The fourth-order valence-corrected chi connectivity index (χ4v) is 4.19. The minimum Gasteiger partial charge on any atom is -0.378 e. The SMILES string of the molecule is CN1CCN2CCN(Cc3ccc(C#CC(C)(C)O)s3)C[C@@H]2C1. The predicted octanol–water partition coefficient (Wildman–Crippen LogP) is 1.30. The summed E-state index contributed by atoms with van der Waals surface area (Å²) in [7, 11) is 2.23. The third-order valence-corrected chi connectivity index (χ3v) is 5.50. The first-order valence-electron chi connectivity index (χ1n) is 8.38. The maximum atomic E-state index is 9.69. The maximum Gasteiger partial charge on any atom is 0.120 e. The van der Waals surface area contributed by atoms with Gasteiger partial charge in [0.1, 0.15) is 5.60 Å². The Morgan fingerprint density at radius 2 is 2.00 bits per heavy atom. The van der Waals surface area contributed by atoms with Gasteiger partial charge in [0.25, 0.3) is 0 Å². The first-order chi connectivity index (χ1) is 10.9. The molecular formula is C18H27N3OS. The van der Waals surface area contributed by atoms with Crippen molar-refractivity contribution >= 4 is 11.3 Å². The molecule has 2 aliphatic rings. The zero-order valence-electron chi connectivity index (χ0n) is 14.4. The molecule has 23 heavy (non-hydrogen) atoms. The van der Waals surface area contributed by atoms with E-state index in [1.807, 2.05) is 0 Å². The van der Waals surface area contributed by atoms with Gasteiger partial charge in [0.05, 0.1) is 4.88 Å². The van der Waals surface area contributed by atoms with Gasteiger partial charge >= 0.3 is 0 Å². The van der Waals surface area contributed by atoms with Crippen molar-refractivity contribution in [2.45, 2.75) is 32.0 Å². The van der Waals surface area contributed by atoms with Crippen LogP contribution in [0.5, 0.6) is 0 Å². The second kappa shape index (κ2) is 6.92. The molecule has 3 heterocycles. The third kappa shape index (κ3) is 4.79. The Morgan fingerprint density at radius 3 is 2.78 bits per heavy atom. The van der Waals surface area contributed by atoms with Crippen LogP contribution in [0.15, 0.2) is 12.1 Å². The van der Waals surface area contributed by atoms with Crippen LogP contribution >= 0.6 is 11.3 Å². The first kappa shape index (κ1) is 16.9. The molecule has 0 spiro atoms. The van der Waals surface area contributed by atoms with Crippen molar-refractivity contribution < 1.29 is 5.11 Å². The van der Waals surface area contributed by atoms with Gasteiger partial charge in [0, 0.05) is 56.7 Å². The molecule has 126 valence electrons. The van der Waals surface area contributed by atoms with E-state index in [2.05, 4.69) is 45.7 Å². The number of likely N-dealkylation sites (N-methyl/N-ethyl adjacent to an activating group) is 1. The van der Waals surface area contributed by atoms with E-state index in [1.54, 1.807) is 25.2 Å². The summed E-state index contributed by atoms with van der Waals surface area (Å²) < 4.78 is 0. The summed E-state index contributed by atoms with van der Waals surface area (Å²) in [5.41, 5.74) is -0.923. The topological polar surface area (TPSA) is 30.0 Å². The largest absolute Gasteiger partial charge is 0.378 e. The number of piperazine rings is 2. The standard InChI is InChI=1S/C18H27N3OS/c1-18(2,22)7-6-16-4-5-17(23-16)14-20-9-11-21-10-8-19(3)12-15(21)13-20/h4-5,15,22H,8-14H2,1-3H3/t15-/m0/s1. The number of hydrogen-bond donors (Lipinski definition) is 1. The number of thiophene rings is 1. The normalized spacial score (nSPS) is 24.1. The molecule has 0 saturated carbocycles. The van der Waals surface area contributed by atoms with Crippen LogP contribution in [0.3, 0.4) is 0 Å². The van der Waals surface area contributed by atoms with Crippen molar-refractivity contribution in [3.05, 3.63) is 21.9 Å². The lowest BCUT2D eigenvalue weighted by molar-refractivity contribution is 0.0179. The second-order valence-corrected chi connectivity index (χ2v) is 8.43. The zero-order chi connectivity index (χ0) is 16.4. The Balaban J connectivity index is 1.57. The summed E-state index contributed by atoms with van der Waals surface area (Å²) in [6.45, 7) is 11.6. The van der Waals surface area contributed by atoms with Crippen LogP contribution in [0.1, 0.15) is 23.6 Å². The van der Waals surface area contributed by atoms with E-state index >= 15 is 0 Å². The van der Waals surface area contributed by atoms with Crippen LogP contribution in [0.2, 0.25) is 0 Å². The van der Waals surface area contributed by atoms with Gasteiger partial charge in [-0.25, -0.2) is 0 Å². The Morgan fingerprint density at radius 1 is 1.22 bits per heavy atom. The fourth-order valence-electron chi connectivity index (χ4n) is 3.28. The highest BCUT2D eigenvalue weighted by molar-refractivity contribution is 7.12. The zero-order valence-corrected chi connectivity index (χ0v) is 15.2. The number of hydrogen-bond acceptors (Lipinski definition) is 5. The van der Waals surface area contributed by atoms with Gasteiger partial charge in [-0.1, -0.05) is 11.8 Å². The highest BCUT2D eigenvalue weighted by Crippen LogP contribution is 2.21. The number of rotatable bonds is 2. The summed E-state index contributed by atoms with van der Waals surface area (Å²) in [6.07, 6.45) is 0. The Labute approximate surface area is 143 Å². The highest BCUT2D eigenvalue weighted by atomic mass is 32.1. The molecule has 1 aromatic rings. The molecule has 0 unspecified atom stereocenters. The predicted molar refractivity (Wildman–Crippen MR) is 95.6 cm³/mol. The van der Waals surface area contributed by atoms with Crippen LogP contribution in [-0.4, -0.2) is 77.8 Å². The average Bonchev–Trinajstić information content (AvgIpc) is 2.91. The van der Waals surface area contributed by atoms with Gasteiger partial charge in [0.15, 0.2) is 0 Å². The van der Waals surface area contributed by atoms with Crippen LogP contribution in [0.4, 0.5) is 0 Å². The van der Waals surface area contributed by atoms with Crippen molar-refractivity contribution in [3.8, 4) is 11.8 Å². The molecular weight excluding hydrogens is 306 g/mol. The van der Waals surface area contributed by atoms with Gasteiger partial charge in [-0.15, -0.1) is 11.3 Å². The van der Waals surface area contributed by atoms with Gasteiger partial charge < -0.3 is 10.0 Å². The van der Waals surface area contributed by atoms with Crippen molar-refractivity contribution in [1.29, 1.82) is 0 Å². The van der Waals surface area contributed by atoms with Crippen molar-refractivity contribution in [3.63, 3.8) is 0 Å². The van der Waals surface area contributed by atoms with E-state index in [1.165, 1.54) is 31.1 Å². The highest BCUT2D eigenvalue weighted by Gasteiger charge is 2.30. The molecule has 5 heteroatoms. The number of nitrogens with zero attached hydrogens (tertiary/aromatic N) is 3. The molecule has 0 amide bonds. The summed E-state index contributed by atoms with van der Waals surface area (Å²) >= 11 is 1.75. The summed E-state index contributed by atoms with van der Waals surface area (Å²) in [5, 5.41) is 9.69. The average molecular weight is 334 g/mol. The minimum absolute atomic E-state index is 0.678. The smallest absolute Gasteiger partial charge is 0.120 e. The molecule has 0 bridgehead atoms. The lowest BCUT2D eigenvalue weighted by Gasteiger charge is -2.46. The monoisotopic (exact) mass is 333 g/mol. The molecule has 0 radical (unpaired) electrons. The van der Waals surface area contributed by atoms with Gasteiger partial charge in [-0.3, -0.25) is 9.80 Å².